The molecule has 0 saturated carbocycles. The van der Waals surface area contributed by atoms with Gasteiger partial charge < -0.3 is 10.6 Å². The third kappa shape index (κ3) is 2.50. The number of nitrogens with two attached hydrogens (primary N) is 1. The summed E-state index contributed by atoms with van der Waals surface area (Å²) in [7, 11) is 4.54. The molecule has 4 heteroatoms. The van der Waals surface area contributed by atoms with Crippen LogP contribution in [0.25, 0.3) is 0 Å². The van der Waals surface area contributed by atoms with E-state index in [1.165, 1.54) is 38.1 Å². The SMILES string of the molecule is CC1SCCC1(CN)N(C)C1CCCN(C)C1. The van der Waals surface area contributed by atoms with E-state index in [-0.39, 0.29) is 5.54 Å². The fourth-order valence-corrected chi connectivity index (χ4v) is 4.98. The van der Waals surface area contributed by atoms with Gasteiger partial charge in [0, 0.05) is 29.9 Å². The first kappa shape index (κ1) is 13.7. The monoisotopic (exact) mass is 257 g/mol. The first-order valence-corrected chi connectivity index (χ1v) is 7.88. The lowest BCUT2D eigenvalue weighted by molar-refractivity contribution is 0.0408. The lowest BCUT2D eigenvalue weighted by Gasteiger charge is -2.47. The van der Waals surface area contributed by atoms with Gasteiger partial charge in [-0.3, -0.25) is 4.90 Å². The molecule has 0 amide bonds. The van der Waals surface area contributed by atoms with E-state index in [2.05, 4.69) is 42.6 Å². The van der Waals surface area contributed by atoms with E-state index in [1.807, 2.05) is 0 Å². The van der Waals surface area contributed by atoms with Crippen LogP contribution in [0.1, 0.15) is 26.2 Å². The van der Waals surface area contributed by atoms with Gasteiger partial charge in [0.25, 0.3) is 0 Å². The van der Waals surface area contributed by atoms with Crippen LogP contribution in [0.5, 0.6) is 0 Å². The Morgan fingerprint density at radius 3 is 2.82 bits per heavy atom. The van der Waals surface area contributed by atoms with E-state index >= 15 is 0 Å². The number of thioether (sulfide) groups is 1. The summed E-state index contributed by atoms with van der Waals surface area (Å²) < 4.78 is 0. The minimum atomic E-state index is 0.244. The second-order valence-corrected chi connectivity index (χ2v) is 7.19. The summed E-state index contributed by atoms with van der Waals surface area (Å²) in [6.07, 6.45) is 3.92. The predicted octanol–water partition coefficient (Wildman–Crippen LogP) is 1.24. The van der Waals surface area contributed by atoms with Crippen LogP contribution >= 0.6 is 11.8 Å². The van der Waals surface area contributed by atoms with E-state index in [1.54, 1.807) is 0 Å². The van der Waals surface area contributed by atoms with E-state index < -0.39 is 0 Å². The molecule has 3 atom stereocenters. The fraction of sp³-hybridized carbons (Fsp3) is 1.00. The molecule has 2 heterocycles. The van der Waals surface area contributed by atoms with Gasteiger partial charge in [-0.05, 0) is 45.7 Å². The van der Waals surface area contributed by atoms with Crippen molar-refractivity contribution in [3.63, 3.8) is 0 Å². The lowest BCUT2D eigenvalue weighted by Crippen LogP contribution is -2.61. The summed E-state index contributed by atoms with van der Waals surface area (Å²) in [5.41, 5.74) is 6.38. The molecule has 0 bridgehead atoms. The highest BCUT2D eigenvalue weighted by atomic mass is 32.2. The van der Waals surface area contributed by atoms with Gasteiger partial charge in [-0.25, -0.2) is 0 Å². The van der Waals surface area contributed by atoms with E-state index in [9.17, 15) is 0 Å². The van der Waals surface area contributed by atoms with Crippen molar-refractivity contribution in [1.82, 2.24) is 9.80 Å². The Hall–Kier alpha value is 0.230. The zero-order valence-corrected chi connectivity index (χ0v) is 12.3. The zero-order valence-electron chi connectivity index (χ0n) is 11.5. The van der Waals surface area contributed by atoms with Crippen molar-refractivity contribution in [2.75, 3.05) is 39.5 Å². The number of nitrogens with zero attached hydrogens (tertiary/aromatic N) is 2. The van der Waals surface area contributed by atoms with Crippen molar-refractivity contribution in [3.05, 3.63) is 0 Å². The van der Waals surface area contributed by atoms with Crippen molar-refractivity contribution >= 4 is 11.8 Å². The highest BCUT2D eigenvalue weighted by molar-refractivity contribution is 8.00. The highest BCUT2D eigenvalue weighted by Gasteiger charge is 2.45. The van der Waals surface area contributed by atoms with Crippen LogP contribution in [0.15, 0.2) is 0 Å². The number of likely N-dealkylation sites (tertiary alicyclic amines) is 1. The fourth-order valence-electron chi connectivity index (χ4n) is 3.46. The second-order valence-electron chi connectivity index (χ2n) is 5.74. The highest BCUT2D eigenvalue weighted by Crippen LogP contribution is 2.40. The van der Waals surface area contributed by atoms with Gasteiger partial charge in [0.05, 0.1) is 0 Å². The van der Waals surface area contributed by atoms with E-state index in [4.69, 9.17) is 5.73 Å². The molecule has 0 aromatic rings. The molecule has 0 spiro atoms. The molecule has 2 fully saturated rings. The zero-order chi connectivity index (χ0) is 12.5. The van der Waals surface area contributed by atoms with E-state index in [0.29, 0.717) is 11.3 Å². The summed E-state index contributed by atoms with van der Waals surface area (Å²) in [4.78, 5) is 5.08. The molecule has 100 valence electrons. The van der Waals surface area contributed by atoms with Crippen molar-refractivity contribution < 1.29 is 0 Å². The van der Waals surface area contributed by atoms with Crippen molar-refractivity contribution in [3.8, 4) is 0 Å². The third-order valence-electron chi connectivity index (χ3n) is 4.86. The largest absolute Gasteiger partial charge is 0.329 e. The maximum Gasteiger partial charge on any atom is 0.0455 e. The molecule has 3 nitrogen and oxygen atoms in total. The van der Waals surface area contributed by atoms with Crippen LogP contribution in [0.2, 0.25) is 0 Å². The van der Waals surface area contributed by atoms with Crippen molar-refractivity contribution in [2.45, 2.75) is 43.0 Å². The summed E-state index contributed by atoms with van der Waals surface area (Å²) in [5, 5.41) is 0.671. The second kappa shape index (κ2) is 5.47. The molecule has 0 aromatic carbocycles. The average molecular weight is 257 g/mol. The maximum atomic E-state index is 6.13. The molecule has 0 radical (unpaired) electrons. The number of hydrogen-bond donors (Lipinski definition) is 1. The molecule has 3 unspecified atom stereocenters. The standard InChI is InChI=1S/C13H27N3S/c1-11-13(10-14,6-8-17-11)16(3)12-5-4-7-15(2)9-12/h11-12H,4-10,14H2,1-3H3. The van der Waals surface area contributed by atoms with Crippen molar-refractivity contribution in [2.24, 2.45) is 5.73 Å². The normalized spacial score (nSPS) is 40.1. The van der Waals surface area contributed by atoms with Gasteiger partial charge in [-0.1, -0.05) is 6.92 Å². The molecular formula is C13H27N3S. The Morgan fingerprint density at radius 2 is 2.29 bits per heavy atom. The number of piperidine rings is 1. The first-order chi connectivity index (χ1) is 8.10. The van der Waals surface area contributed by atoms with Crippen molar-refractivity contribution in [1.29, 1.82) is 0 Å². The van der Waals surface area contributed by atoms with Crippen LogP contribution in [0.4, 0.5) is 0 Å². The minimum absolute atomic E-state index is 0.244. The van der Waals surface area contributed by atoms with Crippen LogP contribution in [0, 0.1) is 0 Å². The summed E-state index contributed by atoms with van der Waals surface area (Å²) >= 11 is 2.09. The van der Waals surface area contributed by atoms with Crippen LogP contribution in [-0.2, 0) is 0 Å². The maximum absolute atomic E-state index is 6.13. The Kier molecular flexibility index (Phi) is 4.40. The number of likely N-dealkylation sites (N-methyl/N-ethyl adjacent to an activating group) is 2. The summed E-state index contributed by atoms with van der Waals surface area (Å²) in [5.74, 6) is 1.27. The molecule has 2 rings (SSSR count). The van der Waals surface area contributed by atoms with Gasteiger partial charge >= 0.3 is 0 Å². The van der Waals surface area contributed by atoms with E-state index in [0.717, 1.165) is 6.54 Å². The Morgan fingerprint density at radius 1 is 1.53 bits per heavy atom. The smallest absolute Gasteiger partial charge is 0.0455 e. The molecular weight excluding hydrogens is 230 g/mol. The minimum Gasteiger partial charge on any atom is -0.329 e. The van der Waals surface area contributed by atoms with Gasteiger partial charge in [0.1, 0.15) is 0 Å². The molecule has 0 aromatic heterocycles. The molecule has 2 saturated heterocycles. The summed E-state index contributed by atoms with van der Waals surface area (Å²) in [6.45, 7) is 5.62. The number of rotatable bonds is 3. The Bertz CT molecular complexity index is 261. The van der Waals surface area contributed by atoms with Crippen LogP contribution in [-0.4, -0.2) is 66.1 Å². The first-order valence-electron chi connectivity index (χ1n) is 6.83. The summed E-state index contributed by atoms with van der Waals surface area (Å²) in [6, 6.07) is 0.693. The molecule has 17 heavy (non-hydrogen) atoms. The predicted molar refractivity (Wildman–Crippen MR) is 76.6 cm³/mol. The Labute approximate surface area is 110 Å². The quantitative estimate of drug-likeness (QED) is 0.824. The molecule has 0 aliphatic carbocycles. The Balaban J connectivity index is 2.08. The number of hydrogen-bond acceptors (Lipinski definition) is 4. The van der Waals surface area contributed by atoms with Crippen LogP contribution < -0.4 is 5.73 Å². The topological polar surface area (TPSA) is 32.5 Å². The third-order valence-corrected chi connectivity index (χ3v) is 6.24. The van der Waals surface area contributed by atoms with Gasteiger partial charge in [0.2, 0.25) is 0 Å². The van der Waals surface area contributed by atoms with Gasteiger partial charge in [-0.2, -0.15) is 11.8 Å². The average Bonchev–Trinajstić information content (AvgIpc) is 2.70. The molecule has 2 aliphatic heterocycles. The molecule has 2 N–H and O–H groups in total. The van der Waals surface area contributed by atoms with Gasteiger partial charge in [0.15, 0.2) is 0 Å². The molecule has 2 aliphatic rings. The lowest BCUT2D eigenvalue weighted by atomic mass is 9.88. The van der Waals surface area contributed by atoms with Gasteiger partial charge in [-0.15, -0.1) is 0 Å². The van der Waals surface area contributed by atoms with Crippen LogP contribution in [0.3, 0.4) is 0 Å².